The second kappa shape index (κ2) is 10.7. The standard InChI is InChI=1S/C25H29F2N3O3/c1-3-31-20-13-18(14-21(15-20)32-4-2)24(27)30-12-6-5-7-23(30)29-25-28-22(16-33-25)17-8-10-19(26)11-9-17/h8-11,13-16,23-24H,3-7,12H2,1-2H3,(H,28,29). The third-order valence-corrected chi connectivity index (χ3v) is 5.57. The molecule has 2 aromatic carbocycles. The summed E-state index contributed by atoms with van der Waals surface area (Å²) in [6.45, 7) is 5.34. The number of aromatic nitrogens is 1. The molecule has 0 aliphatic carbocycles. The molecule has 1 saturated heterocycles. The number of piperidine rings is 1. The van der Waals surface area contributed by atoms with Gasteiger partial charge in [0.1, 0.15) is 29.3 Å². The molecule has 1 aromatic heterocycles. The minimum absolute atomic E-state index is 0.292. The van der Waals surface area contributed by atoms with Crippen molar-refractivity contribution in [2.45, 2.75) is 45.6 Å². The Hall–Kier alpha value is -3.13. The summed E-state index contributed by atoms with van der Waals surface area (Å²) in [6.07, 6.45) is 2.48. The number of ether oxygens (including phenoxy) is 2. The van der Waals surface area contributed by atoms with E-state index in [1.807, 2.05) is 13.8 Å². The molecule has 0 amide bonds. The smallest absolute Gasteiger partial charge is 0.296 e. The van der Waals surface area contributed by atoms with Crippen molar-refractivity contribution in [1.82, 2.24) is 9.88 Å². The third kappa shape index (κ3) is 5.63. The molecule has 0 saturated carbocycles. The van der Waals surface area contributed by atoms with Crippen LogP contribution in [0.4, 0.5) is 14.8 Å². The van der Waals surface area contributed by atoms with Crippen molar-refractivity contribution in [1.29, 1.82) is 0 Å². The van der Waals surface area contributed by atoms with E-state index in [2.05, 4.69) is 10.3 Å². The fraction of sp³-hybridized carbons (Fsp3) is 0.400. The first-order chi connectivity index (χ1) is 16.1. The Balaban J connectivity index is 1.52. The van der Waals surface area contributed by atoms with E-state index in [0.717, 1.165) is 24.8 Å². The molecule has 2 unspecified atom stereocenters. The predicted molar refractivity (Wildman–Crippen MR) is 122 cm³/mol. The molecule has 8 heteroatoms. The van der Waals surface area contributed by atoms with Crippen molar-refractivity contribution >= 4 is 6.01 Å². The van der Waals surface area contributed by atoms with E-state index >= 15 is 4.39 Å². The van der Waals surface area contributed by atoms with Gasteiger partial charge in [-0.1, -0.05) is 0 Å². The Morgan fingerprint density at radius 1 is 1.09 bits per heavy atom. The van der Waals surface area contributed by atoms with E-state index in [9.17, 15) is 4.39 Å². The lowest BCUT2D eigenvalue weighted by molar-refractivity contribution is 0.0263. The van der Waals surface area contributed by atoms with Crippen molar-refractivity contribution in [3.8, 4) is 22.8 Å². The lowest BCUT2D eigenvalue weighted by Crippen LogP contribution is -2.45. The van der Waals surface area contributed by atoms with E-state index in [1.54, 1.807) is 35.2 Å². The fourth-order valence-electron chi connectivity index (χ4n) is 4.04. The van der Waals surface area contributed by atoms with Crippen LogP contribution in [0.5, 0.6) is 11.5 Å². The number of hydrogen-bond acceptors (Lipinski definition) is 6. The number of anilines is 1. The number of alkyl halides is 1. The number of hydrogen-bond donors (Lipinski definition) is 1. The third-order valence-electron chi connectivity index (χ3n) is 5.57. The molecular formula is C25H29F2N3O3. The number of rotatable bonds is 9. The molecule has 0 bridgehead atoms. The average Bonchev–Trinajstić information content (AvgIpc) is 3.28. The molecule has 3 aromatic rings. The molecular weight excluding hydrogens is 428 g/mol. The average molecular weight is 458 g/mol. The first kappa shape index (κ1) is 23.0. The van der Waals surface area contributed by atoms with E-state index in [4.69, 9.17) is 13.9 Å². The summed E-state index contributed by atoms with van der Waals surface area (Å²) in [5.41, 5.74) is 1.81. The van der Waals surface area contributed by atoms with Crippen LogP contribution in [0.1, 0.15) is 45.0 Å². The Bertz CT molecular complexity index is 1020. The fourth-order valence-corrected chi connectivity index (χ4v) is 4.04. The summed E-state index contributed by atoms with van der Waals surface area (Å²) in [5.74, 6) is 0.854. The SMILES string of the molecule is CCOc1cc(OCC)cc(C(F)N2CCCCC2Nc2nc(-c3ccc(F)cc3)co2)c1. The highest BCUT2D eigenvalue weighted by Crippen LogP contribution is 2.35. The maximum atomic E-state index is 15.8. The second-order valence-corrected chi connectivity index (χ2v) is 7.88. The number of nitrogens with one attached hydrogen (secondary N) is 1. The highest BCUT2D eigenvalue weighted by Gasteiger charge is 2.31. The number of benzene rings is 2. The van der Waals surface area contributed by atoms with Gasteiger partial charge in [-0.25, -0.2) is 13.7 Å². The van der Waals surface area contributed by atoms with Gasteiger partial charge in [0, 0.05) is 23.7 Å². The molecule has 2 heterocycles. The Morgan fingerprint density at radius 3 is 2.45 bits per heavy atom. The van der Waals surface area contributed by atoms with Crippen molar-refractivity contribution in [3.05, 3.63) is 60.1 Å². The summed E-state index contributed by atoms with van der Waals surface area (Å²) in [4.78, 5) is 6.23. The van der Waals surface area contributed by atoms with Crippen LogP contribution in [0.3, 0.4) is 0 Å². The minimum atomic E-state index is -1.35. The van der Waals surface area contributed by atoms with Gasteiger partial charge in [0.25, 0.3) is 6.01 Å². The predicted octanol–water partition coefficient (Wildman–Crippen LogP) is 6.17. The first-order valence-corrected chi connectivity index (χ1v) is 11.4. The molecule has 176 valence electrons. The minimum Gasteiger partial charge on any atom is -0.494 e. The summed E-state index contributed by atoms with van der Waals surface area (Å²) >= 11 is 0. The van der Waals surface area contributed by atoms with E-state index in [0.29, 0.717) is 48.5 Å². The first-order valence-electron chi connectivity index (χ1n) is 11.4. The Morgan fingerprint density at radius 2 is 1.79 bits per heavy atom. The second-order valence-electron chi connectivity index (χ2n) is 7.88. The molecule has 1 N–H and O–H groups in total. The zero-order valence-corrected chi connectivity index (χ0v) is 18.9. The van der Waals surface area contributed by atoms with Gasteiger partial charge < -0.3 is 19.2 Å². The van der Waals surface area contributed by atoms with Crippen molar-refractivity contribution in [3.63, 3.8) is 0 Å². The van der Waals surface area contributed by atoms with Crippen LogP contribution < -0.4 is 14.8 Å². The van der Waals surface area contributed by atoms with Gasteiger partial charge in [-0.15, -0.1) is 0 Å². The monoisotopic (exact) mass is 457 g/mol. The molecule has 1 aliphatic heterocycles. The molecule has 0 spiro atoms. The molecule has 6 nitrogen and oxygen atoms in total. The van der Waals surface area contributed by atoms with Gasteiger partial charge in [0.2, 0.25) is 0 Å². The Labute approximate surface area is 192 Å². The Kier molecular flexibility index (Phi) is 7.44. The van der Waals surface area contributed by atoms with Gasteiger partial charge in [-0.05, 0) is 69.5 Å². The topological polar surface area (TPSA) is 59.8 Å². The highest BCUT2D eigenvalue weighted by molar-refractivity contribution is 5.59. The van der Waals surface area contributed by atoms with Gasteiger partial charge in [-0.3, -0.25) is 0 Å². The van der Waals surface area contributed by atoms with E-state index < -0.39 is 6.30 Å². The largest absolute Gasteiger partial charge is 0.494 e. The number of nitrogens with zero attached hydrogens (tertiary/aromatic N) is 2. The van der Waals surface area contributed by atoms with Crippen molar-refractivity contribution < 1.29 is 22.7 Å². The summed E-state index contributed by atoms with van der Waals surface area (Å²) in [6, 6.07) is 11.6. The number of halogens is 2. The summed E-state index contributed by atoms with van der Waals surface area (Å²) < 4.78 is 45.8. The number of oxazole rings is 1. The molecule has 1 fully saturated rings. The lowest BCUT2D eigenvalue weighted by Gasteiger charge is -2.37. The maximum Gasteiger partial charge on any atom is 0.296 e. The summed E-state index contributed by atoms with van der Waals surface area (Å²) in [7, 11) is 0. The normalized spacial score (nSPS) is 17.5. The molecule has 2 atom stereocenters. The van der Waals surface area contributed by atoms with Crippen LogP contribution in [-0.4, -0.2) is 35.8 Å². The van der Waals surface area contributed by atoms with Crippen LogP contribution in [0.15, 0.2) is 53.1 Å². The quantitative estimate of drug-likeness (QED) is 0.388. The van der Waals surface area contributed by atoms with Crippen LogP contribution in [-0.2, 0) is 0 Å². The lowest BCUT2D eigenvalue weighted by atomic mass is 10.1. The molecule has 0 radical (unpaired) electrons. The van der Waals surface area contributed by atoms with Crippen LogP contribution in [0.25, 0.3) is 11.3 Å². The van der Waals surface area contributed by atoms with Crippen molar-refractivity contribution in [2.75, 3.05) is 25.1 Å². The zero-order valence-electron chi connectivity index (χ0n) is 18.9. The molecule has 1 aliphatic rings. The van der Waals surface area contributed by atoms with Gasteiger partial charge in [0.05, 0.1) is 19.4 Å². The zero-order chi connectivity index (χ0) is 23.2. The number of likely N-dealkylation sites (tertiary alicyclic amines) is 1. The molecule has 33 heavy (non-hydrogen) atoms. The van der Waals surface area contributed by atoms with Crippen LogP contribution in [0, 0.1) is 5.82 Å². The molecule has 4 rings (SSSR count). The van der Waals surface area contributed by atoms with Crippen LogP contribution in [0.2, 0.25) is 0 Å². The van der Waals surface area contributed by atoms with Gasteiger partial charge >= 0.3 is 0 Å². The van der Waals surface area contributed by atoms with Crippen molar-refractivity contribution in [2.24, 2.45) is 0 Å². The maximum absolute atomic E-state index is 15.8. The van der Waals surface area contributed by atoms with E-state index in [1.165, 1.54) is 18.4 Å². The summed E-state index contributed by atoms with van der Waals surface area (Å²) in [5, 5.41) is 3.23. The van der Waals surface area contributed by atoms with E-state index in [-0.39, 0.29) is 12.0 Å². The van der Waals surface area contributed by atoms with Gasteiger partial charge in [0.15, 0.2) is 6.30 Å². The van der Waals surface area contributed by atoms with Crippen LogP contribution >= 0.6 is 0 Å². The highest BCUT2D eigenvalue weighted by atomic mass is 19.1. The van der Waals surface area contributed by atoms with Gasteiger partial charge in [-0.2, -0.15) is 4.98 Å².